The second-order valence-corrected chi connectivity index (χ2v) is 3.10. The van der Waals surface area contributed by atoms with E-state index in [9.17, 15) is 10.2 Å². The average molecular weight is 174 g/mol. The van der Waals surface area contributed by atoms with Gasteiger partial charge < -0.3 is 10.2 Å². The number of rotatable bonds is 0. The number of aromatic hydroxyl groups is 2. The van der Waals surface area contributed by atoms with E-state index in [0.717, 1.165) is 10.9 Å². The van der Waals surface area contributed by atoms with Gasteiger partial charge in [0.1, 0.15) is 11.5 Å². The molecule has 0 unspecified atom stereocenters. The van der Waals surface area contributed by atoms with Gasteiger partial charge in [-0.1, -0.05) is 18.2 Å². The summed E-state index contributed by atoms with van der Waals surface area (Å²) in [5.41, 5.74) is 0.964. The summed E-state index contributed by atoms with van der Waals surface area (Å²) >= 11 is 0. The first kappa shape index (κ1) is 7.92. The van der Waals surface area contributed by atoms with Crippen LogP contribution in [0.3, 0.4) is 0 Å². The second-order valence-electron chi connectivity index (χ2n) is 3.10. The minimum atomic E-state index is 0.205. The number of hydrogen-bond acceptors (Lipinski definition) is 2. The van der Waals surface area contributed by atoms with E-state index in [1.54, 1.807) is 6.07 Å². The zero-order valence-corrected chi connectivity index (χ0v) is 7.28. The smallest absolute Gasteiger partial charge is 0.123 e. The van der Waals surface area contributed by atoms with Crippen molar-refractivity contribution in [1.29, 1.82) is 0 Å². The molecule has 0 spiro atoms. The molecule has 0 heterocycles. The molecule has 0 fully saturated rings. The largest absolute Gasteiger partial charge is 0.507 e. The molecule has 0 saturated heterocycles. The molecule has 0 aromatic heterocycles. The molecule has 2 N–H and O–H groups in total. The van der Waals surface area contributed by atoms with Gasteiger partial charge >= 0.3 is 0 Å². The summed E-state index contributed by atoms with van der Waals surface area (Å²) in [6.45, 7) is 1.90. The first-order valence-electron chi connectivity index (χ1n) is 4.10. The minimum Gasteiger partial charge on any atom is -0.507 e. The van der Waals surface area contributed by atoms with Crippen LogP contribution in [-0.4, -0.2) is 10.2 Å². The Balaban J connectivity index is 3.00. The number of benzene rings is 2. The minimum absolute atomic E-state index is 0.205. The Labute approximate surface area is 76.1 Å². The Morgan fingerprint density at radius 1 is 0.923 bits per heavy atom. The van der Waals surface area contributed by atoms with Crippen molar-refractivity contribution in [2.24, 2.45) is 0 Å². The number of hydrogen-bond donors (Lipinski definition) is 2. The summed E-state index contributed by atoms with van der Waals surface area (Å²) in [7, 11) is 0. The molecule has 2 rings (SSSR count). The van der Waals surface area contributed by atoms with Crippen LogP contribution < -0.4 is 0 Å². The fourth-order valence-electron chi connectivity index (χ4n) is 1.55. The van der Waals surface area contributed by atoms with Crippen molar-refractivity contribution in [3.63, 3.8) is 0 Å². The van der Waals surface area contributed by atoms with Gasteiger partial charge in [0.2, 0.25) is 0 Å². The van der Waals surface area contributed by atoms with Crippen LogP contribution in [0.4, 0.5) is 0 Å². The topological polar surface area (TPSA) is 40.5 Å². The second kappa shape index (κ2) is 2.66. The maximum atomic E-state index is 9.57. The van der Waals surface area contributed by atoms with Gasteiger partial charge in [0.05, 0.1) is 0 Å². The maximum absolute atomic E-state index is 9.57. The molecule has 13 heavy (non-hydrogen) atoms. The van der Waals surface area contributed by atoms with Crippen LogP contribution in [0.2, 0.25) is 0 Å². The zero-order valence-electron chi connectivity index (χ0n) is 7.28. The van der Waals surface area contributed by atoms with Crippen LogP contribution >= 0.6 is 0 Å². The summed E-state index contributed by atoms with van der Waals surface area (Å²) in [5.74, 6) is 0.419. The SMILES string of the molecule is Cc1cccc2c(O)ccc(O)c12. The lowest BCUT2D eigenvalue weighted by molar-refractivity contribution is 0.469. The fourth-order valence-corrected chi connectivity index (χ4v) is 1.55. The van der Waals surface area contributed by atoms with E-state index in [1.807, 2.05) is 19.1 Å². The van der Waals surface area contributed by atoms with E-state index >= 15 is 0 Å². The Kier molecular flexibility index (Phi) is 1.62. The monoisotopic (exact) mass is 174 g/mol. The van der Waals surface area contributed by atoms with Crippen LogP contribution in [0.25, 0.3) is 10.8 Å². The van der Waals surface area contributed by atoms with Crippen molar-refractivity contribution in [2.75, 3.05) is 0 Å². The van der Waals surface area contributed by atoms with Gasteiger partial charge in [0.25, 0.3) is 0 Å². The van der Waals surface area contributed by atoms with E-state index in [2.05, 4.69) is 0 Å². The third-order valence-electron chi connectivity index (χ3n) is 2.20. The summed E-state index contributed by atoms with van der Waals surface area (Å²) in [4.78, 5) is 0. The summed E-state index contributed by atoms with van der Waals surface area (Å²) < 4.78 is 0. The molecule has 2 aromatic carbocycles. The van der Waals surface area contributed by atoms with Crippen molar-refractivity contribution >= 4 is 10.8 Å². The zero-order chi connectivity index (χ0) is 9.42. The van der Waals surface area contributed by atoms with Gasteiger partial charge in [-0.25, -0.2) is 0 Å². The molecule has 2 aromatic rings. The normalized spacial score (nSPS) is 10.5. The molecule has 2 nitrogen and oxygen atoms in total. The standard InChI is InChI=1S/C11H10O2/c1-7-3-2-4-8-9(12)5-6-10(13)11(7)8/h2-6,12-13H,1H3. The highest BCUT2D eigenvalue weighted by atomic mass is 16.3. The highest BCUT2D eigenvalue weighted by Crippen LogP contribution is 2.33. The van der Waals surface area contributed by atoms with Crippen molar-refractivity contribution in [3.05, 3.63) is 35.9 Å². The lowest BCUT2D eigenvalue weighted by Gasteiger charge is -2.05. The highest BCUT2D eigenvalue weighted by Gasteiger charge is 2.05. The van der Waals surface area contributed by atoms with E-state index in [0.29, 0.717) is 5.39 Å². The van der Waals surface area contributed by atoms with Crippen LogP contribution in [0.5, 0.6) is 11.5 Å². The molecule has 0 radical (unpaired) electrons. The lowest BCUT2D eigenvalue weighted by Crippen LogP contribution is -1.79. The third kappa shape index (κ3) is 1.11. The summed E-state index contributed by atoms with van der Waals surface area (Å²) in [6.07, 6.45) is 0. The molecular formula is C11H10O2. The van der Waals surface area contributed by atoms with Crippen LogP contribution in [-0.2, 0) is 0 Å². The van der Waals surface area contributed by atoms with Crippen LogP contribution in [0.15, 0.2) is 30.3 Å². The molecule has 0 atom stereocenters. The molecule has 66 valence electrons. The fraction of sp³-hybridized carbons (Fsp3) is 0.0909. The number of phenolic OH excluding ortho intramolecular Hbond substituents is 2. The molecule has 0 bridgehead atoms. The van der Waals surface area contributed by atoms with Crippen LogP contribution in [0.1, 0.15) is 5.56 Å². The molecule has 0 amide bonds. The molecule has 0 saturated carbocycles. The van der Waals surface area contributed by atoms with Gasteiger partial charge in [-0.3, -0.25) is 0 Å². The van der Waals surface area contributed by atoms with Gasteiger partial charge in [-0.15, -0.1) is 0 Å². The first-order chi connectivity index (χ1) is 6.20. The van der Waals surface area contributed by atoms with E-state index in [1.165, 1.54) is 12.1 Å². The average Bonchev–Trinajstić information content (AvgIpc) is 2.12. The van der Waals surface area contributed by atoms with Crippen molar-refractivity contribution in [3.8, 4) is 11.5 Å². The predicted molar refractivity (Wildman–Crippen MR) is 52.0 cm³/mol. The Morgan fingerprint density at radius 3 is 2.31 bits per heavy atom. The summed E-state index contributed by atoms with van der Waals surface area (Å²) in [5, 5.41) is 20.5. The van der Waals surface area contributed by atoms with Gasteiger partial charge in [0.15, 0.2) is 0 Å². The first-order valence-corrected chi connectivity index (χ1v) is 4.10. The van der Waals surface area contributed by atoms with Crippen molar-refractivity contribution in [2.45, 2.75) is 6.92 Å². The molecule has 2 heteroatoms. The third-order valence-corrected chi connectivity index (χ3v) is 2.20. The molecular weight excluding hydrogens is 164 g/mol. The van der Waals surface area contributed by atoms with E-state index < -0.39 is 0 Å². The summed E-state index contributed by atoms with van der Waals surface area (Å²) in [6, 6.07) is 8.55. The number of aryl methyl sites for hydroxylation is 1. The Bertz CT molecular complexity index is 453. The number of phenols is 2. The van der Waals surface area contributed by atoms with Crippen LogP contribution in [0, 0.1) is 6.92 Å². The van der Waals surface area contributed by atoms with Crippen molar-refractivity contribution in [1.82, 2.24) is 0 Å². The molecule has 0 aliphatic heterocycles. The van der Waals surface area contributed by atoms with E-state index in [4.69, 9.17) is 0 Å². The molecule has 0 aliphatic rings. The highest BCUT2D eigenvalue weighted by molar-refractivity contribution is 5.95. The Hall–Kier alpha value is -1.70. The van der Waals surface area contributed by atoms with E-state index in [-0.39, 0.29) is 11.5 Å². The Morgan fingerprint density at radius 2 is 1.62 bits per heavy atom. The predicted octanol–water partition coefficient (Wildman–Crippen LogP) is 2.56. The van der Waals surface area contributed by atoms with Gasteiger partial charge in [0, 0.05) is 10.8 Å². The van der Waals surface area contributed by atoms with Gasteiger partial charge in [-0.2, -0.15) is 0 Å². The lowest BCUT2D eigenvalue weighted by atomic mass is 10.0. The quantitative estimate of drug-likeness (QED) is 0.602. The molecule has 0 aliphatic carbocycles. The maximum Gasteiger partial charge on any atom is 0.123 e. The van der Waals surface area contributed by atoms with Crippen molar-refractivity contribution < 1.29 is 10.2 Å². The number of fused-ring (bicyclic) bond motifs is 1. The van der Waals surface area contributed by atoms with Gasteiger partial charge in [-0.05, 0) is 24.6 Å².